The smallest absolute Gasteiger partial charge is 0.279 e. The summed E-state index contributed by atoms with van der Waals surface area (Å²) >= 11 is 0. The van der Waals surface area contributed by atoms with Crippen LogP contribution in [0.2, 0.25) is 0 Å². The van der Waals surface area contributed by atoms with E-state index >= 15 is 0 Å². The highest BCUT2D eigenvalue weighted by Crippen LogP contribution is 2.11. The predicted octanol–water partition coefficient (Wildman–Crippen LogP) is 2.20. The molecule has 0 saturated carbocycles. The lowest BCUT2D eigenvalue weighted by Gasteiger charge is -2.04. The first-order valence-electron chi connectivity index (χ1n) is 6.58. The van der Waals surface area contributed by atoms with Crippen LogP contribution in [0.25, 0.3) is 11.2 Å². The van der Waals surface area contributed by atoms with Gasteiger partial charge in [0.25, 0.3) is 0 Å². The molecule has 0 unspecified atom stereocenters. The molecule has 0 spiro atoms. The summed E-state index contributed by atoms with van der Waals surface area (Å²) in [4.78, 5) is 28.4. The van der Waals surface area contributed by atoms with Gasteiger partial charge in [-0.15, -0.1) is 0 Å². The van der Waals surface area contributed by atoms with Gasteiger partial charge in [0.05, 0.1) is 5.52 Å². The normalized spacial score (nSPS) is 11.4. The number of imidazole rings is 1. The van der Waals surface area contributed by atoms with Crippen LogP contribution in [0.3, 0.4) is 0 Å². The van der Waals surface area contributed by atoms with Gasteiger partial charge >= 0.3 is 5.69 Å². The summed E-state index contributed by atoms with van der Waals surface area (Å²) in [5, 5.41) is 0. The van der Waals surface area contributed by atoms with Gasteiger partial charge in [0.2, 0.25) is 5.91 Å². The predicted molar refractivity (Wildman–Crippen MR) is 74.3 cm³/mol. The number of pyridine rings is 1. The van der Waals surface area contributed by atoms with Crippen molar-refractivity contribution in [2.75, 3.05) is 0 Å². The Bertz CT molecular complexity index is 652. The van der Waals surface area contributed by atoms with E-state index in [9.17, 15) is 9.59 Å². The molecule has 2 rings (SSSR count). The van der Waals surface area contributed by atoms with Crippen molar-refractivity contribution < 1.29 is 4.79 Å². The number of fused-ring (bicyclic) bond motifs is 1. The number of carbonyl (C=O) groups excluding carboxylic acids is 1. The second-order valence-corrected chi connectivity index (χ2v) is 5.20. The molecule has 2 heterocycles. The summed E-state index contributed by atoms with van der Waals surface area (Å²) in [5.74, 6) is 0.419. The third-order valence-corrected chi connectivity index (χ3v) is 3.22. The van der Waals surface area contributed by atoms with E-state index < -0.39 is 0 Å². The van der Waals surface area contributed by atoms with Gasteiger partial charge in [-0.3, -0.25) is 9.36 Å². The zero-order valence-electron chi connectivity index (χ0n) is 11.6. The molecule has 0 N–H and O–H groups in total. The zero-order chi connectivity index (χ0) is 14.0. The Morgan fingerprint density at radius 3 is 2.84 bits per heavy atom. The van der Waals surface area contributed by atoms with Crippen molar-refractivity contribution in [2.24, 2.45) is 13.0 Å². The zero-order valence-corrected chi connectivity index (χ0v) is 11.6. The van der Waals surface area contributed by atoms with Crippen molar-refractivity contribution >= 4 is 17.1 Å². The van der Waals surface area contributed by atoms with Crippen molar-refractivity contribution in [1.82, 2.24) is 14.1 Å². The van der Waals surface area contributed by atoms with Crippen molar-refractivity contribution in [3.05, 3.63) is 28.8 Å². The van der Waals surface area contributed by atoms with Gasteiger partial charge in [-0.1, -0.05) is 20.3 Å². The second-order valence-electron chi connectivity index (χ2n) is 5.20. The van der Waals surface area contributed by atoms with Crippen LogP contribution >= 0.6 is 0 Å². The molecule has 19 heavy (non-hydrogen) atoms. The van der Waals surface area contributed by atoms with Crippen LogP contribution in [0.1, 0.15) is 37.9 Å². The largest absolute Gasteiger partial charge is 0.336 e. The highest BCUT2D eigenvalue weighted by atomic mass is 16.2. The fraction of sp³-hybridized carbons (Fsp3) is 0.500. The van der Waals surface area contributed by atoms with E-state index in [4.69, 9.17) is 0 Å². The van der Waals surface area contributed by atoms with Crippen LogP contribution in [-0.4, -0.2) is 20.0 Å². The van der Waals surface area contributed by atoms with Crippen LogP contribution in [0.15, 0.2) is 23.1 Å². The van der Waals surface area contributed by atoms with Crippen LogP contribution in [0, 0.1) is 5.92 Å². The van der Waals surface area contributed by atoms with Crippen LogP contribution < -0.4 is 5.69 Å². The van der Waals surface area contributed by atoms with Crippen molar-refractivity contribution in [3.63, 3.8) is 0 Å². The van der Waals surface area contributed by atoms with Crippen LogP contribution in [0.5, 0.6) is 0 Å². The number of aryl methyl sites for hydroxylation is 1. The Kier molecular flexibility index (Phi) is 3.83. The van der Waals surface area contributed by atoms with E-state index in [1.54, 1.807) is 25.4 Å². The third-order valence-electron chi connectivity index (χ3n) is 3.22. The Hall–Kier alpha value is -1.91. The molecule has 0 atom stereocenters. The Morgan fingerprint density at radius 1 is 1.42 bits per heavy atom. The summed E-state index contributed by atoms with van der Waals surface area (Å²) in [6.07, 6.45) is 3.81. The highest BCUT2D eigenvalue weighted by molar-refractivity contribution is 5.88. The first kappa shape index (κ1) is 13.5. The third kappa shape index (κ3) is 2.59. The molecule has 0 aromatic carbocycles. The van der Waals surface area contributed by atoms with E-state index in [-0.39, 0.29) is 11.6 Å². The molecule has 5 heteroatoms. The topological polar surface area (TPSA) is 56.9 Å². The molecular formula is C14H19N3O2. The molecule has 0 radical (unpaired) electrons. The summed E-state index contributed by atoms with van der Waals surface area (Å²) < 4.78 is 2.65. The van der Waals surface area contributed by atoms with Gasteiger partial charge in [0.1, 0.15) is 0 Å². The Balaban J connectivity index is 2.32. The minimum atomic E-state index is -0.316. The molecule has 0 fully saturated rings. The molecular weight excluding hydrogens is 242 g/mol. The molecule has 0 bridgehead atoms. The maximum Gasteiger partial charge on any atom is 0.336 e. The molecule has 0 aliphatic rings. The van der Waals surface area contributed by atoms with Gasteiger partial charge < -0.3 is 0 Å². The summed E-state index contributed by atoms with van der Waals surface area (Å²) in [7, 11) is 1.63. The second kappa shape index (κ2) is 5.38. The van der Waals surface area contributed by atoms with E-state index in [0.29, 0.717) is 23.5 Å². The van der Waals surface area contributed by atoms with Gasteiger partial charge in [-0.25, -0.2) is 14.3 Å². The average Bonchev–Trinajstić information content (AvgIpc) is 2.62. The maximum atomic E-state index is 12.2. The molecule has 2 aromatic rings. The molecule has 0 amide bonds. The van der Waals surface area contributed by atoms with E-state index in [1.165, 1.54) is 9.13 Å². The fourth-order valence-electron chi connectivity index (χ4n) is 2.18. The number of carbonyl (C=O) groups is 1. The number of rotatable bonds is 4. The quantitative estimate of drug-likeness (QED) is 0.847. The maximum absolute atomic E-state index is 12.2. The molecule has 2 aromatic heterocycles. The van der Waals surface area contributed by atoms with Crippen LogP contribution in [-0.2, 0) is 7.05 Å². The van der Waals surface area contributed by atoms with E-state index in [1.807, 2.05) is 0 Å². The minimum Gasteiger partial charge on any atom is -0.279 e. The molecule has 0 aliphatic heterocycles. The number of hydrogen-bond donors (Lipinski definition) is 0. The summed E-state index contributed by atoms with van der Waals surface area (Å²) in [5.41, 5.74) is 0.817. The molecule has 102 valence electrons. The number of hydrogen-bond acceptors (Lipinski definition) is 3. The standard InChI is InChI=1S/C14H19N3O2/c1-10(2)6-4-8-12(18)17-11-7-5-9-15-13(11)16(3)14(17)19/h5,7,9-10H,4,6,8H2,1-3H3. The molecule has 0 aliphatic carbocycles. The lowest BCUT2D eigenvalue weighted by Crippen LogP contribution is -2.27. The lowest BCUT2D eigenvalue weighted by atomic mass is 10.1. The van der Waals surface area contributed by atoms with Crippen LogP contribution in [0.4, 0.5) is 0 Å². The van der Waals surface area contributed by atoms with Crippen molar-refractivity contribution in [1.29, 1.82) is 0 Å². The highest BCUT2D eigenvalue weighted by Gasteiger charge is 2.16. The lowest BCUT2D eigenvalue weighted by molar-refractivity contribution is 0.0898. The minimum absolute atomic E-state index is 0.149. The van der Waals surface area contributed by atoms with Crippen molar-refractivity contribution in [3.8, 4) is 0 Å². The monoisotopic (exact) mass is 261 g/mol. The van der Waals surface area contributed by atoms with Gasteiger partial charge in [-0.05, 0) is 24.5 Å². The first-order chi connectivity index (χ1) is 9.02. The Labute approximate surface area is 111 Å². The van der Waals surface area contributed by atoms with E-state index in [0.717, 1.165) is 12.8 Å². The first-order valence-corrected chi connectivity index (χ1v) is 6.58. The Morgan fingerprint density at radius 2 is 2.16 bits per heavy atom. The average molecular weight is 261 g/mol. The van der Waals surface area contributed by atoms with Crippen molar-refractivity contribution in [2.45, 2.75) is 33.1 Å². The SMILES string of the molecule is CC(C)CCCC(=O)n1c(=O)n(C)c2ncccc21. The molecule has 5 nitrogen and oxygen atoms in total. The number of nitrogens with zero attached hydrogens (tertiary/aromatic N) is 3. The number of aromatic nitrogens is 3. The van der Waals surface area contributed by atoms with E-state index in [2.05, 4.69) is 18.8 Å². The summed E-state index contributed by atoms with van der Waals surface area (Å²) in [6.45, 7) is 4.25. The van der Waals surface area contributed by atoms with Gasteiger partial charge in [-0.2, -0.15) is 0 Å². The molecule has 0 saturated heterocycles. The van der Waals surface area contributed by atoms with Gasteiger partial charge in [0.15, 0.2) is 5.65 Å². The fourth-order valence-corrected chi connectivity index (χ4v) is 2.18. The summed E-state index contributed by atoms with van der Waals surface area (Å²) in [6, 6.07) is 3.49. The van der Waals surface area contributed by atoms with Gasteiger partial charge in [0, 0.05) is 19.7 Å².